The Hall–Kier alpha value is -0.530. The highest BCUT2D eigenvalue weighted by Gasteiger charge is 2.19. The molecule has 0 aliphatic heterocycles. The molecule has 0 spiro atoms. The van der Waals surface area contributed by atoms with Crippen LogP contribution < -0.4 is 0 Å². The van der Waals surface area contributed by atoms with Gasteiger partial charge in [0, 0.05) is 12.8 Å². The van der Waals surface area contributed by atoms with Gasteiger partial charge in [-0.2, -0.15) is 8.42 Å². The van der Waals surface area contributed by atoms with Crippen LogP contribution in [0.4, 0.5) is 0 Å². The van der Waals surface area contributed by atoms with Crippen LogP contribution in [-0.2, 0) is 14.3 Å². The average Bonchev–Trinajstić information content (AvgIpc) is 3.08. The van der Waals surface area contributed by atoms with Crippen molar-refractivity contribution < 1.29 is 12.6 Å². The lowest BCUT2D eigenvalue weighted by Crippen LogP contribution is -2.03. The molecule has 104 valence electrons. The molecule has 0 heterocycles. The summed E-state index contributed by atoms with van der Waals surface area (Å²) in [5.41, 5.74) is 0. The van der Waals surface area contributed by atoms with E-state index in [2.05, 4.69) is 16.0 Å². The Morgan fingerprint density at radius 1 is 1.06 bits per heavy atom. The lowest BCUT2D eigenvalue weighted by atomic mass is 10.1. The summed E-state index contributed by atoms with van der Waals surface area (Å²) in [5, 5.41) is 0. The average molecular weight is 272 g/mol. The van der Waals surface area contributed by atoms with Crippen LogP contribution in [-0.4, -0.2) is 21.3 Å². The summed E-state index contributed by atoms with van der Waals surface area (Å²) in [6.45, 7) is 0.245. The Morgan fingerprint density at radius 2 is 1.72 bits per heavy atom. The molecule has 0 N–H and O–H groups in total. The van der Waals surface area contributed by atoms with E-state index in [-0.39, 0.29) is 6.61 Å². The molecule has 0 aromatic heterocycles. The first-order chi connectivity index (χ1) is 8.58. The molecule has 0 unspecified atom stereocenters. The van der Waals surface area contributed by atoms with Gasteiger partial charge in [-0.15, -0.1) is 11.8 Å². The topological polar surface area (TPSA) is 43.4 Å². The molecule has 3 nitrogen and oxygen atoms in total. The highest BCUT2D eigenvalue weighted by molar-refractivity contribution is 7.85. The van der Waals surface area contributed by atoms with Crippen LogP contribution >= 0.6 is 0 Å². The standard InChI is InChI=1S/C14H24O3S/c1-18(15,16)17-13-9-7-5-3-2-4-6-8-10-14-11-12-14/h14H,2,4,6-13H2,1H3. The number of hydrogen-bond donors (Lipinski definition) is 0. The van der Waals surface area contributed by atoms with E-state index in [4.69, 9.17) is 0 Å². The van der Waals surface area contributed by atoms with E-state index < -0.39 is 10.1 Å². The summed E-state index contributed by atoms with van der Waals surface area (Å²) in [7, 11) is -3.28. The number of hydrogen-bond acceptors (Lipinski definition) is 3. The largest absolute Gasteiger partial charge is 0.270 e. The minimum atomic E-state index is -3.28. The molecule has 0 radical (unpaired) electrons. The van der Waals surface area contributed by atoms with E-state index in [1.807, 2.05) is 0 Å². The molecule has 0 saturated heterocycles. The Balaban J connectivity index is 1.82. The van der Waals surface area contributed by atoms with Gasteiger partial charge in [-0.1, -0.05) is 32.1 Å². The van der Waals surface area contributed by atoms with E-state index in [0.717, 1.165) is 25.0 Å². The van der Waals surface area contributed by atoms with Gasteiger partial charge in [0.15, 0.2) is 0 Å². The maximum absolute atomic E-state index is 10.7. The van der Waals surface area contributed by atoms with Gasteiger partial charge < -0.3 is 0 Å². The Labute approximate surface area is 111 Å². The third-order valence-corrected chi connectivity index (χ3v) is 3.57. The van der Waals surface area contributed by atoms with Gasteiger partial charge in [-0.3, -0.25) is 4.18 Å². The molecule has 4 heteroatoms. The van der Waals surface area contributed by atoms with Crippen LogP contribution in [0.1, 0.15) is 57.8 Å². The maximum atomic E-state index is 10.7. The van der Waals surface area contributed by atoms with Crippen molar-refractivity contribution in [3.8, 4) is 11.8 Å². The second kappa shape index (κ2) is 8.55. The summed E-state index contributed by atoms with van der Waals surface area (Å²) >= 11 is 0. The van der Waals surface area contributed by atoms with Crippen LogP contribution in [0.3, 0.4) is 0 Å². The quantitative estimate of drug-likeness (QED) is 0.368. The molecular formula is C14H24O3S. The van der Waals surface area contributed by atoms with Crippen molar-refractivity contribution in [1.82, 2.24) is 0 Å². The third kappa shape index (κ3) is 10.6. The van der Waals surface area contributed by atoms with Crippen LogP contribution in [0.5, 0.6) is 0 Å². The van der Waals surface area contributed by atoms with Crippen molar-refractivity contribution in [2.24, 2.45) is 5.92 Å². The van der Waals surface area contributed by atoms with Crippen molar-refractivity contribution >= 4 is 10.1 Å². The van der Waals surface area contributed by atoms with Crippen molar-refractivity contribution in [2.75, 3.05) is 12.9 Å². The molecule has 0 bridgehead atoms. The van der Waals surface area contributed by atoms with Crippen LogP contribution in [0.2, 0.25) is 0 Å². The molecular weight excluding hydrogens is 248 g/mol. The van der Waals surface area contributed by atoms with Gasteiger partial charge in [0.05, 0.1) is 12.9 Å². The molecule has 0 aromatic rings. The lowest BCUT2D eigenvalue weighted by molar-refractivity contribution is 0.317. The summed E-state index contributed by atoms with van der Waals surface area (Å²) in [6.07, 6.45) is 11.6. The van der Waals surface area contributed by atoms with Gasteiger partial charge >= 0.3 is 0 Å². The fourth-order valence-electron chi connectivity index (χ4n) is 1.78. The van der Waals surface area contributed by atoms with Crippen molar-refractivity contribution in [3.63, 3.8) is 0 Å². The molecule has 1 fully saturated rings. The second-order valence-electron chi connectivity index (χ2n) is 5.03. The number of unbranched alkanes of at least 4 members (excludes halogenated alkanes) is 4. The predicted octanol–water partition coefficient (Wildman–Crippen LogP) is 3.11. The van der Waals surface area contributed by atoms with Crippen molar-refractivity contribution in [3.05, 3.63) is 0 Å². The Morgan fingerprint density at radius 3 is 2.33 bits per heavy atom. The van der Waals surface area contributed by atoms with Gasteiger partial charge in [-0.05, 0) is 18.8 Å². The first-order valence-electron chi connectivity index (χ1n) is 6.88. The molecule has 0 atom stereocenters. The van der Waals surface area contributed by atoms with Crippen molar-refractivity contribution in [2.45, 2.75) is 57.8 Å². The summed E-state index contributed by atoms with van der Waals surface area (Å²) in [5.74, 6) is 7.24. The second-order valence-corrected chi connectivity index (χ2v) is 6.67. The van der Waals surface area contributed by atoms with E-state index in [9.17, 15) is 8.42 Å². The van der Waals surface area contributed by atoms with Gasteiger partial charge in [-0.25, -0.2) is 0 Å². The van der Waals surface area contributed by atoms with E-state index in [1.165, 1.54) is 38.5 Å². The van der Waals surface area contributed by atoms with Crippen LogP contribution in [0.25, 0.3) is 0 Å². The van der Waals surface area contributed by atoms with Gasteiger partial charge in [0.2, 0.25) is 0 Å². The summed E-state index contributed by atoms with van der Waals surface area (Å²) in [4.78, 5) is 0. The molecule has 18 heavy (non-hydrogen) atoms. The third-order valence-electron chi connectivity index (χ3n) is 2.98. The van der Waals surface area contributed by atoms with Crippen molar-refractivity contribution in [1.29, 1.82) is 0 Å². The maximum Gasteiger partial charge on any atom is 0.264 e. The highest BCUT2D eigenvalue weighted by Crippen LogP contribution is 2.34. The van der Waals surface area contributed by atoms with Crippen LogP contribution in [0.15, 0.2) is 0 Å². The lowest BCUT2D eigenvalue weighted by Gasteiger charge is -1.97. The van der Waals surface area contributed by atoms with Gasteiger partial charge in [0.25, 0.3) is 10.1 Å². The monoisotopic (exact) mass is 272 g/mol. The first-order valence-corrected chi connectivity index (χ1v) is 8.70. The molecule has 1 aliphatic carbocycles. The van der Waals surface area contributed by atoms with Crippen LogP contribution in [0, 0.1) is 17.8 Å². The highest BCUT2D eigenvalue weighted by atomic mass is 32.2. The minimum absolute atomic E-state index is 0.245. The van der Waals surface area contributed by atoms with Gasteiger partial charge in [0.1, 0.15) is 0 Å². The van der Waals surface area contributed by atoms with E-state index in [1.54, 1.807) is 0 Å². The Kier molecular flexibility index (Phi) is 7.38. The fourth-order valence-corrected chi connectivity index (χ4v) is 2.20. The molecule has 0 aromatic carbocycles. The summed E-state index contributed by atoms with van der Waals surface area (Å²) in [6, 6.07) is 0. The first kappa shape index (κ1) is 15.5. The fraction of sp³-hybridized carbons (Fsp3) is 0.857. The number of rotatable bonds is 9. The zero-order valence-corrected chi connectivity index (χ0v) is 12.1. The molecule has 0 amide bonds. The summed E-state index contributed by atoms with van der Waals surface area (Å²) < 4.78 is 25.9. The molecule has 1 rings (SSSR count). The zero-order valence-electron chi connectivity index (χ0n) is 11.3. The molecule has 1 aliphatic rings. The normalized spacial score (nSPS) is 15.2. The van der Waals surface area contributed by atoms with E-state index in [0.29, 0.717) is 6.42 Å². The predicted molar refractivity (Wildman–Crippen MR) is 73.6 cm³/mol. The van der Waals surface area contributed by atoms with E-state index >= 15 is 0 Å². The molecule has 1 saturated carbocycles. The minimum Gasteiger partial charge on any atom is -0.270 e. The Bertz CT molecular complexity index is 372. The smallest absolute Gasteiger partial charge is 0.264 e. The SMILES string of the molecule is CS(=O)(=O)OCCCC#CCCCCCC1CC1. The zero-order chi connectivity index (χ0) is 13.3.